The molecule has 0 bridgehead atoms. The quantitative estimate of drug-likeness (QED) is 0.364. The van der Waals surface area contributed by atoms with Crippen LogP contribution in [0.2, 0.25) is 0 Å². The number of likely N-dealkylation sites (N-methyl/N-ethyl adjacent to an activating group) is 1. The van der Waals surface area contributed by atoms with E-state index in [1.54, 1.807) is 25.1 Å². The van der Waals surface area contributed by atoms with Crippen LogP contribution in [0.4, 0.5) is 8.78 Å². The summed E-state index contributed by atoms with van der Waals surface area (Å²) in [5.41, 5.74) is 9.30. The summed E-state index contributed by atoms with van der Waals surface area (Å²) < 4.78 is 38.2. The van der Waals surface area contributed by atoms with E-state index in [-0.39, 0.29) is 19.7 Å². The largest absolute Gasteiger partial charge is 0.469 e. The average Bonchev–Trinajstić information content (AvgIpc) is 2.69. The molecule has 10 heteroatoms. The van der Waals surface area contributed by atoms with Crippen molar-refractivity contribution in [2.75, 3.05) is 41.0 Å². The minimum Gasteiger partial charge on any atom is -0.469 e. The van der Waals surface area contributed by atoms with Crippen LogP contribution in [-0.2, 0) is 27.2 Å². The summed E-state index contributed by atoms with van der Waals surface area (Å²) in [6.45, 7) is 2.21. The van der Waals surface area contributed by atoms with Gasteiger partial charge in [0, 0.05) is 39.4 Å². The van der Waals surface area contributed by atoms with Crippen LogP contribution in [0.5, 0.6) is 0 Å². The third-order valence-corrected chi connectivity index (χ3v) is 5.10. The van der Waals surface area contributed by atoms with Crippen molar-refractivity contribution in [3.63, 3.8) is 0 Å². The summed E-state index contributed by atoms with van der Waals surface area (Å²) in [6, 6.07) is 3.57. The number of hydrogen-bond donors (Lipinski definition) is 2. The number of hydrogen-bond acceptors (Lipinski definition) is 8. The number of nitrogens with two attached hydrogens (primary N) is 2. The summed E-state index contributed by atoms with van der Waals surface area (Å²) in [7, 11) is 4.41. The van der Waals surface area contributed by atoms with E-state index in [4.69, 9.17) is 16.3 Å². The SMILES string of the molecule is CCc1nc(/C(N)=C(\COC)N(C)N)ccc1CN1CC(C(=O)OC)CC(F)(F)C1. The molecule has 2 rings (SSSR count). The zero-order valence-electron chi connectivity index (χ0n) is 18.0. The molecule has 0 radical (unpaired) electrons. The van der Waals surface area contributed by atoms with Gasteiger partial charge in [0.2, 0.25) is 0 Å². The molecule has 0 aromatic carbocycles. The fourth-order valence-corrected chi connectivity index (χ4v) is 3.66. The van der Waals surface area contributed by atoms with Gasteiger partial charge in [0.15, 0.2) is 0 Å². The lowest BCUT2D eigenvalue weighted by atomic mass is 9.94. The van der Waals surface area contributed by atoms with Crippen molar-refractivity contribution in [1.82, 2.24) is 14.9 Å². The molecule has 1 aromatic rings. The van der Waals surface area contributed by atoms with E-state index < -0.39 is 30.8 Å². The number of esters is 1. The van der Waals surface area contributed by atoms with Crippen molar-refractivity contribution >= 4 is 11.7 Å². The topological polar surface area (TPSA) is 107 Å². The number of pyridine rings is 1. The Morgan fingerprint density at radius 2 is 2.10 bits per heavy atom. The van der Waals surface area contributed by atoms with Crippen molar-refractivity contribution < 1.29 is 23.0 Å². The third-order valence-electron chi connectivity index (χ3n) is 5.10. The molecule has 4 N–H and O–H groups in total. The molecule has 2 heterocycles. The number of methoxy groups -OCH3 is 2. The van der Waals surface area contributed by atoms with E-state index >= 15 is 0 Å². The molecule has 1 unspecified atom stereocenters. The highest BCUT2D eigenvalue weighted by Crippen LogP contribution is 2.32. The number of rotatable bonds is 8. The van der Waals surface area contributed by atoms with Gasteiger partial charge < -0.3 is 20.2 Å². The molecule has 1 aromatic heterocycles. The van der Waals surface area contributed by atoms with E-state index in [0.29, 0.717) is 23.5 Å². The molecule has 1 aliphatic rings. The fraction of sp³-hybridized carbons (Fsp3) is 0.600. The third kappa shape index (κ3) is 5.87. The molecule has 1 atom stereocenters. The molecule has 0 spiro atoms. The van der Waals surface area contributed by atoms with Gasteiger partial charge in [-0.2, -0.15) is 0 Å². The number of alkyl halides is 2. The average molecular weight is 427 g/mol. The summed E-state index contributed by atoms with van der Waals surface area (Å²) >= 11 is 0. The minimum absolute atomic E-state index is 0.213. The van der Waals surface area contributed by atoms with Crippen LogP contribution in [0.25, 0.3) is 5.70 Å². The zero-order chi connectivity index (χ0) is 22.5. The van der Waals surface area contributed by atoms with E-state index in [1.807, 2.05) is 13.0 Å². The number of ether oxygens (including phenoxy) is 2. The van der Waals surface area contributed by atoms with E-state index in [1.165, 1.54) is 12.1 Å². The molecule has 1 fully saturated rings. The highest BCUT2D eigenvalue weighted by atomic mass is 19.3. The highest BCUT2D eigenvalue weighted by Gasteiger charge is 2.43. The number of nitrogens with zero attached hydrogens (tertiary/aromatic N) is 3. The van der Waals surface area contributed by atoms with Gasteiger partial charge in [0.25, 0.3) is 5.92 Å². The predicted molar refractivity (Wildman–Crippen MR) is 109 cm³/mol. The number of carbonyl (C=O) groups excluding carboxylic acids is 1. The first-order valence-electron chi connectivity index (χ1n) is 9.75. The van der Waals surface area contributed by atoms with E-state index in [2.05, 4.69) is 9.72 Å². The lowest BCUT2D eigenvalue weighted by Crippen LogP contribution is -2.49. The van der Waals surface area contributed by atoms with Gasteiger partial charge in [-0.15, -0.1) is 0 Å². The van der Waals surface area contributed by atoms with Crippen LogP contribution < -0.4 is 11.6 Å². The van der Waals surface area contributed by atoms with Gasteiger partial charge in [0.1, 0.15) is 0 Å². The Morgan fingerprint density at radius 1 is 1.40 bits per heavy atom. The Morgan fingerprint density at radius 3 is 2.67 bits per heavy atom. The Kier molecular flexibility index (Phi) is 8.10. The number of aromatic nitrogens is 1. The van der Waals surface area contributed by atoms with Gasteiger partial charge in [-0.05, 0) is 18.1 Å². The fourth-order valence-electron chi connectivity index (χ4n) is 3.66. The predicted octanol–water partition coefficient (Wildman–Crippen LogP) is 1.35. The molecule has 30 heavy (non-hydrogen) atoms. The molecule has 168 valence electrons. The summed E-state index contributed by atoms with van der Waals surface area (Å²) in [6.07, 6.45) is 0.101. The van der Waals surface area contributed by atoms with Gasteiger partial charge in [-0.25, -0.2) is 14.6 Å². The van der Waals surface area contributed by atoms with Crippen LogP contribution >= 0.6 is 0 Å². The maximum Gasteiger partial charge on any atom is 0.310 e. The molecule has 0 amide bonds. The highest BCUT2D eigenvalue weighted by molar-refractivity contribution is 5.72. The number of aryl methyl sites for hydroxylation is 1. The normalized spacial score (nSPS) is 19.9. The molecule has 1 aliphatic heterocycles. The van der Waals surface area contributed by atoms with E-state index in [9.17, 15) is 13.6 Å². The maximum atomic E-state index is 14.2. The number of carbonyl (C=O) groups is 1. The molecular formula is C20H31F2N5O3. The smallest absolute Gasteiger partial charge is 0.310 e. The van der Waals surface area contributed by atoms with Crippen molar-refractivity contribution in [2.24, 2.45) is 17.5 Å². The maximum absolute atomic E-state index is 14.2. The van der Waals surface area contributed by atoms with Crippen LogP contribution in [0.15, 0.2) is 17.8 Å². The Bertz CT molecular complexity index is 786. The van der Waals surface area contributed by atoms with E-state index in [0.717, 1.165) is 11.3 Å². The summed E-state index contributed by atoms with van der Waals surface area (Å²) in [4.78, 5) is 18.0. The second kappa shape index (κ2) is 10.1. The van der Waals surface area contributed by atoms with Crippen molar-refractivity contribution in [3.05, 3.63) is 34.8 Å². The number of halogens is 2. The standard InChI is InChI=1S/C20H31F2N5O3/c1-5-15-13(6-7-16(25-15)18(23)17(11-29-3)26(2)24)9-27-10-14(19(28)30-4)8-20(21,22)12-27/h6-7,14H,5,8-12,23-24H2,1-4H3/b18-17-. The van der Waals surface area contributed by atoms with Crippen molar-refractivity contribution in [3.8, 4) is 0 Å². The van der Waals surface area contributed by atoms with Crippen LogP contribution in [-0.4, -0.2) is 67.7 Å². The molecule has 1 saturated heterocycles. The van der Waals surface area contributed by atoms with Crippen LogP contribution in [0, 0.1) is 5.92 Å². The number of piperidine rings is 1. The molecular weight excluding hydrogens is 396 g/mol. The lowest BCUT2D eigenvalue weighted by molar-refractivity contribution is -0.157. The molecule has 0 aliphatic carbocycles. The first kappa shape index (κ1) is 24.0. The molecule has 8 nitrogen and oxygen atoms in total. The first-order valence-corrected chi connectivity index (χ1v) is 9.75. The number of likely N-dealkylation sites (tertiary alicyclic amines) is 1. The van der Waals surface area contributed by atoms with Gasteiger partial charge in [-0.1, -0.05) is 13.0 Å². The Labute approximate surface area is 175 Å². The summed E-state index contributed by atoms with van der Waals surface area (Å²) in [5.74, 6) is 1.41. The monoisotopic (exact) mass is 427 g/mol. The zero-order valence-corrected chi connectivity index (χ0v) is 18.0. The van der Waals surface area contributed by atoms with Crippen molar-refractivity contribution in [2.45, 2.75) is 32.2 Å². The second-order valence-corrected chi connectivity index (χ2v) is 7.51. The number of hydrazine groups is 1. The van der Waals surface area contributed by atoms with Crippen molar-refractivity contribution in [1.29, 1.82) is 0 Å². The van der Waals surface area contributed by atoms with Gasteiger partial charge in [0.05, 0.1) is 43.3 Å². The van der Waals surface area contributed by atoms with Crippen LogP contribution in [0.3, 0.4) is 0 Å². The lowest BCUT2D eigenvalue weighted by Gasteiger charge is -2.36. The molecule has 0 saturated carbocycles. The van der Waals surface area contributed by atoms with Crippen LogP contribution in [0.1, 0.15) is 30.3 Å². The second-order valence-electron chi connectivity index (χ2n) is 7.51. The first-order chi connectivity index (χ1) is 14.1. The van der Waals surface area contributed by atoms with Gasteiger partial charge in [-0.3, -0.25) is 14.7 Å². The minimum atomic E-state index is -2.95. The Hall–Kier alpha value is -2.30. The Balaban J connectivity index is 2.28. The summed E-state index contributed by atoms with van der Waals surface area (Å²) in [5, 5.41) is 1.38. The van der Waals surface area contributed by atoms with Gasteiger partial charge >= 0.3 is 5.97 Å².